The first-order valence-electron chi connectivity index (χ1n) is 2.53. The van der Waals surface area contributed by atoms with Crippen LogP contribution in [0.3, 0.4) is 0 Å². The van der Waals surface area contributed by atoms with Crippen molar-refractivity contribution in [3.63, 3.8) is 0 Å². The normalized spacial score (nSPS) is 8.89. The van der Waals surface area contributed by atoms with Crippen molar-refractivity contribution in [2.24, 2.45) is 5.41 Å². The molecule has 9 heavy (non-hydrogen) atoms. The molecule has 0 spiro atoms. The molecule has 0 rings (SSSR count). The molecule has 0 bridgehead atoms. The van der Waals surface area contributed by atoms with Crippen molar-refractivity contribution in [2.75, 3.05) is 6.61 Å². The van der Waals surface area contributed by atoms with Crippen LogP contribution in [0.25, 0.3) is 0 Å². The van der Waals surface area contributed by atoms with Gasteiger partial charge in [-0.05, 0) is 5.41 Å². The fourth-order valence-corrected chi connectivity index (χ4v) is 0. The third-order valence-electron chi connectivity index (χ3n) is 0.474. The average molecular weight is 171 g/mol. The van der Waals surface area contributed by atoms with Gasteiger partial charge in [0.05, 0.1) is 0 Å². The Morgan fingerprint density at radius 3 is 1.44 bits per heavy atom. The standard InChI is InChI=1S/C5H12O.2O.V/c1-5(2,3)4-6;;;/h6H,4H2,1-3H3;;;. The van der Waals surface area contributed by atoms with Crippen LogP contribution in [0.2, 0.25) is 0 Å². The van der Waals surface area contributed by atoms with Crippen LogP contribution < -0.4 is 0 Å². The van der Waals surface area contributed by atoms with Crippen LogP contribution >= 0.6 is 0 Å². The molecule has 0 radical (unpaired) electrons. The molecular formula is C5H12O3V. The summed E-state index contributed by atoms with van der Waals surface area (Å²) >= 11 is -1.81. The summed E-state index contributed by atoms with van der Waals surface area (Å²) in [5, 5.41) is 8.40. The first-order valence-corrected chi connectivity index (χ1v) is 3.68. The second kappa shape index (κ2) is 6.27. The van der Waals surface area contributed by atoms with Gasteiger partial charge in [-0.25, -0.2) is 0 Å². The van der Waals surface area contributed by atoms with Crippen molar-refractivity contribution in [1.29, 1.82) is 0 Å². The van der Waals surface area contributed by atoms with Crippen LogP contribution in [0.5, 0.6) is 0 Å². The fraction of sp³-hybridized carbons (Fsp3) is 1.00. The van der Waals surface area contributed by atoms with E-state index in [1.54, 1.807) is 0 Å². The van der Waals surface area contributed by atoms with Gasteiger partial charge in [0.25, 0.3) is 0 Å². The maximum absolute atomic E-state index is 8.47. The van der Waals surface area contributed by atoms with Gasteiger partial charge < -0.3 is 5.11 Å². The Bertz CT molecular complexity index is 88.9. The average Bonchev–Trinajstić information content (AvgIpc) is 1.67. The van der Waals surface area contributed by atoms with E-state index in [4.69, 9.17) is 12.5 Å². The summed E-state index contributed by atoms with van der Waals surface area (Å²) < 4.78 is 16.9. The second-order valence-electron chi connectivity index (χ2n) is 2.79. The van der Waals surface area contributed by atoms with Gasteiger partial charge in [-0.15, -0.1) is 0 Å². The van der Waals surface area contributed by atoms with E-state index in [1.165, 1.54) is 0 Å². The summed E-state index contributed by atoms with van der Waals surface area (Å²) in [5.74, 6) is 0. The summed E-state index contributed by atoms with van der Waals surface area (Å²) in [6.45, 7) is 6.25. The van der Waals surface area contributed by atoms with Crippen LogP contribution in [-0.2, 0) is 23.5 Å². The molecule has 4 heteroatoms. The van der Waals surface area contributed by atoms with Crippen LogP contribution in [0.15, 0.2) is 0 Å². The van der Waals surface area contributed by atoms with Gasteiger partial charge in [-0.1, -0.05) is 20.8 Å². The molecule has 0 aromatic rings. The Balaban J connectivity index is 0. The topological polar surface area (TPSA) is 54.4 Å². The van der Waals surface area contributed by atoms with Crippen LogP contribution in [0.4, 0.5) is 0 Å². The molecule has 0 amide bonds. The van der Waals surface area contributed by atoms with Crippen molar-refractivity contribution < 1.29 is 28.6 Å². The van der Waals surface area contributed by atoms with Gasteiger partial charge in [0, 0.05) is 6.61 Å². The van der Waals surface area contributed by atoms with E-state index in [9.17, 15) is 0 Å². The van der Waals surface area contributed by atoms with Crippen molar-refractivity contribution >= 4 is 0 Å². The first kappa shape index (κ1) is 11.9. The van der Waals surface area contributed by atoms with E-state index in [2.05, 4.69) is 0 Å². The molecule has 0 saturated heterocycles. The molecule has 0 atom stereocenters. The molecular weight excluding hydrogens is 159 g/mol. The molecule has 0 heterocycles. The third-order valence-corrected chi connectivity index (χ3v) is 0.474. The van der Waals surface area contributed by atoms with E-state index < -0.39 is 16.2 Å². The summed E-state index contributed by atoms with van der Waals surface area (Å²) in [7, 11) is 0. The van der Waals surface area contributed by atoms with E-state index in [0.717, 1.165) is 0 Å². The molecule has 3 nitrogen and oxygen atoms in total. The zero-order valence-corrected chi connectivity index (χ0v) is 7.31. The minimum absolute atomic E-state index is 0.0972. The molecule has 0 unspecified atom stereocenters. The van der Waals surface area contributed by atoms with Gasteiger partial charge in [-0.2, -0.15) is 0 Å². The van der Waals surface area contributed by atoms with Gasteiger partial charge in [0.15, 0.2) is 0 Å². The SMILES string of the molecule is CC(C)(C)CO.[O]=[V]=[O]. The Kier molecular flexibility index (Phi) is 8.28. The van der Waals surface area contributed by atoms with E-state index in [-0.39, 0.29) is 12.0 Å². The molecule has 1 N–H and O–H groups in total. The quantitative estimate of drug-likeness (QED) is 0.586. The van der Waals surface area contributed by atoms with Crippen LogP contribution in [0, 0.1) is 5.41 Å². The predicted octanol–water partition coefficient (Wildman–Crippen LogP) is 0.785. The molecule has 0 saturated carbocycles. The van der Waals surface area contributed by atoms with E-state index in [0.29, 0.717) is 0 Å². The molecule has 0 fully saturated rings. The van der Waals surface area contributed by atoms with E-state index in [1.807, 2.05) is 20.8 Å². The zero-order chi connectivity index (χ0) is 7.91. The van der Waals surface area contributed by atoms with Gasteiger partial charge >= 0.3 is 23.5 Å². The molecule has 0 aromatic heterocycles. The van der Waals surface area contributed by atoms with Crippen LogP contribution in [0.1, 0.15) is 20.8 Å². The number of aliphatic hydroxyl groups excluding tert-OH is 1. The van der Waals surface area contributed by atoms with Gasteiger partial charge in [-0.3, -0.25) is 0 Å². The van der Waals surface area contributed by atoms with Crippen molar-refractivity contribution in [3.8, 4) is 0 Å². The Morgan fingerprint density at radius 2 is 1.44 bits per heavy atom. The van der Waals surface area contributed by atoms with Gasteiger partial charge in [0.2, 0.25) is 0 Å². The fourth-order valence-electron chi connectivity index (χ4n) is 0. The van der Waals surface area contributed by atoms with Gasteiger partial charge in [0.1, 0.15) is 0 Å². The summed E-state index contributed by atoms with van der Waals surface area (Å²) in [4.78, 5) is 0. The minimum atomic E-state index is -1.81. The predicted molar refractivity (Wildman–Crippen MR) is 27.9 cm³/mol. The Morgan fingerprint density at radius 1 is 1.33 bits per heavy atom. The maximum atomic E-state index is 8.47. The number of hydrogen-bond donors (Lipinski definition) is 1. The molecule has 0 aliphatic rings. The molecule has 0 aliphatic heterocycles. The zero-order valence-electron chi connectivity index (χ0n) is 5.92. The van der Waals surface area contributed by atoms with Crippen LogP contribution in [-0.4, -0.2) is 11.7 Å². The monoisotopic (exact) mass is 171 g/mol. The Labute approximate surface area is 62.0 Å². The molecule has 0 aliphatic carbocycles. The molecule has 55 valence electrons. The van der Waals surface area contributed by atoms with Crippen molar-refractivity contribution in [1.82, 2.24) is 0 Å². The number of rotatable bonds is 0. The number of hydrogen-bond acceptors (Lipinski definition) is 3. The Hall–Kier alpha value is 0.144. The second-order valence-corrected chi connectivity index (χ2v) is 3.03. The summed E-state index contributed by atoms with van der Waals surface area (Å²) in [5.41, 5.74) is 0.0972. The van der Waals surface area contributed by atoms with Crippen molar-refractivity contribution in [2.45, 2.75) is 20.8 Å². The number of aliphatic hydroxyl groups is 1. The first-order chi connectivity index (χ1) is 3.97. The summed E-state index contributed by atoms with van der Waals surface area (Å²) in [6.07, 6.45) is 0. The van der Waals surface area contributed by atoms with Crippen molar-refractivity contribution in [3.05, 3.63) is 0 Å². The van der Waals surface area contributed by atoms with E-state index >= 15 is 0 Å². The third kappa shape index (κ3) is 31.1. The molecule has 0 aromatic carbocycles. The summed E-state index contributed by atoms with van der Waals surface area (Å²) in [6, 6.07) is 0.